The lowest BCUT2D eigenvalue weighted by molar-refractivity contribution is -0.114. The van der Waals surface area contributed by atoms with Gasteiger partial charge in [-0.15, -0.1) is 0 Å². The van der Waals surface area contributed by atoms with Gasteiger partial charge >= 0.3 is 0 Å². The molecule has 2 N–H and O–H groups in total. The molecule has 0 unspecified atom stereocenters. The Hall–Kier alpha value is -2.89. The van der Waals surface area contributed by atoms with Crippen LogP contribution in [0.1, 0.15) is 28.5 Å². The topological polar surface area (TPSA) is 86.0 Å². The molecule has 2 aromatic rings. The van der Waals surface area contributed by atoms with Crippen LogP contribution in [0, 0.1) is 6.92 Å². The minimum absolute atomic E-state index is 0.00810. The van der Waals surface area contributed by atoms with Crippen LogP contribution in [0.5, 0.6) is 0 Å². The number of aromatic amines is 2. The summed E-state index contributed by atoms with van der Waals surface area (Å²) >= 11 is 0. The molecule has 1 aromatic carbocycles. The maximum Gasteiger partial charge on any atom is 0.271 e. The molecule has 1 aromatic heterocycles. The quantitative estimate of drug-likeness (QED) is 0.652. The summed E-state index contributed by atoms with van der Waals surface area (Å²) in [5.41, 5.74) is 1.62. The fraction of sp³-hybridized carbons (Fsp3) is 0.188. The van der Waals surface area contributed by atoms with E-state index in [0.29, 0.717) is 29.1 Å². The number of benzene rings is 1. The Morgan fingerprint density at radius 2 is 1.86 bits per heavy atom. The molecular weight excluding hydrogens is 282 g/mol. The van der Waals surface area contributed by atoms with Crippen LogP contribution in [0.15, 0.2) is 34.6 Å². The molecule has 0 radical (unpaired) electrons. The van der Waals surface area contributed by atoms with E-state index in [9.17, 15) is 14.4 Å². The third-order valence-corrected chi connectivity index (χ3v) is 3.78. The van der Waals surface area contributed by atoms with E-state index < -0.39 is 0 Å². The first-order chi connectivity index (χ1) is 10.5. The van der Waals surface area contributed by atoms with Crippen LogP contribution in [0.25, 0.3) is 6.08 Å². The van der Waals surface area contributed by atoms with E-state index in [1.165, 1.54) is 6.08 Å². The zero-order valence-electron chi connectivity index (χ0n) is 12.3. The number of nitrogens with one attached hydrogen (secondary N) is 2. The van der Waals surface area contributed by atoms with Crippen LogP contribution in [-0.4, -0.2) is 28.4 Å². The summed E-state index contributed by atoms with van der Waals surface area (Å²) in [4.78, 5) is 38.5. The molecule has 22 heavy (non-hydrogen) atoms. The number of likely N-dealkylation sites (N-methyl/N-ethyl adjacent to an activating group) is 1. The number of H-pyrrole nitrogens is 2. The highest BCUT2D eigenvalue weighted by Gasteiger charge is 2.33. The summed E-state index contributed by atoms with van der Waals surface area (Å²) in [6.45, 7) is 3.99. The Labute approximate surface area is 126 Å². The number of carbonyl (C=O) groups is 2. The van der Waals surface area contributed by atoms with Crippen molar-refractivity contribution >= 4 is 23.5 Å². The molecule has 2 heterocycles. The molecule has 0 fully saturated rings. The normalized spacial score (nSPS) is 16.3. The summed E-state index contributed by atoms with van der Waals surface area (Å²) in [6.07, 6.45) is 1.37. The van der Waals surface area contributed by atoms with Gasteiger partial charge in [0.1, 0.15) is 0 Å². The molecule has 0 saturated heterocycles. The Morgan fingerprint density at radius 3 is 2.50 bits per heavy atom. The van der Waals surface area contributed by atoms with Crippen LogP contribution < -0.4 is 10.5 Å². The van der Waals surface area contributed by atoms with Gasteiger partial charge in [0.2, 0.25) is 5.78 Å². The van der Waals surface area contributed by atoms with E-state index in [1.807, 2.05) is 6.92 Å². The van der Waals surface area contributed by atoms with Crippen molar-refractivity contribution < 1.29 is 9.59 Å². The molecule has 1 aliphatic rings. The lowest BCUT2D eigenvalue weighted by Crippen LogP contribution is -2.39. The third kappa shape index (κ3) is 2.00. The predicted molar refractivity (Wildman–Crippen MR) is 82.9 cm³/mol. The monoisotopic (exact) mass is 297 g/mol. The maximum absolute atomic E-state index is 12.6. The molecule has 6 heteroatoms. The smallest absolute Gasteiger partial charge is 0.271 e. The van der Waals surface area contributed by atoms with Gasteiger partial charge in [-0.25, -0.2) is 0 Å². The standard InChI is InChI=1S/C16H15N3O3/c1-3-19-13-7-5-4-6-10(13)14(20)12(16(19)22)8-11-9(2)17-18-15(11)21/h4-8H,3H2,1-2H3,(H2,17,18,21)/b12-8-. The van der Waals surface area contributed by atoms with Gasteiger partial charge in [0.05, 0.1) is 16.8 Å². The minimum atomic E-state index is -0.383. The summed E-state index contributed by atoms with van der Waals surface area (Å²) in [5, 5.41) is 5.12. The fourth-order valence-electron chi connectivity index (χ4n) is 2.61. The largest absolute Gasteiger partial charge is 0.308 e. The number of nitrogens with zero attached hydrogens (tertiary/aromatic N) is 1. The minimum Gasteiger partial charge on any atom is -0.308 e. The van der Waals surface area contributed by atoms with Crippen molar-refractivity contribution in [3.8, 4) is 0 Å². The molecule has 0 spiro atoms. The van der Waals surface area contributed by atoms with Crippen LogP contribution in [-0.2, 0) is 4.79 Å². The molecule has 0 aliphatic carbocycles. The molecule has 0 bridgehead atoms. The number of Topliss-reactive ketones (excluding diaryl/α,β-unsaturated/α-hetero) is 1. The lowest BCUT2D eigenvalue weighted by atomic mass is 9.93. The van der Waals surface area contributed by atoms with Crippen LogP contribution in [0.2, 0.25) is 0 Å². The zero-order chi connectivity index (χ0) is 15.9. The third-order valence-electron chi connectivity index (χ3n) is 3.78. The summed E-state index contributed by atoms with van der Waals surface area (Å²) in [5.74, 6) is -0.739. The van der Waals surface area contributed by atoms with Gasteiger partial charge in [-0.3, -0.25) is 19.5 Å². The SMILES string of the molecule is CCN1C(=O)/C(=C\c2c(C)[nH][nH]c2=O)C(=O)c2ccccc21. The molecule has 0 atom stereocenters. The van der Waals surface area contributed by atoms with Gasteiger partial charge in [0, 0.05) is 17.8 Å². The number of hydrogen-bond donors (Lipinski definition) is 2. The van der Waals surface area contributed by atoms with Gasteiger partial charge in [-0.2, -0.15) is 0 Å². The summed E-state index contributed by atoms with van der Waals surface area (Å²) in [6, 6.07) is 6.98. The van der Waals surface area contributed by atoms with E-state index in [2.05, 4.69) is 10.2 Å². The number of carbonyl (C=O) groups excluding carboxylic acids is 2. The number of anilines is 1. The molecule has 0 saturated carbocycles. The molecular formula is C16H15N3O3. The number of ketones is 1. The van der Waals surface area contributed by atoms with Gasteiger partial charge in [0.15, 0.2) is 0 Å². The highest BCUT2D eigenvalue weighted by Crippen LogP contribution is 2.30. The van der Waals surface area contributed by atoms with Crippen molar-refractivity contribution in [1.82, 2.24) is 10.2 Å². The Bertz CT molecular complexity index is 858. The average Bonchev–Trinajstić information content (AvgIpc) is 2.83. The second kappa shape index (κ2) is 5.14. The number of amides is 1. The number of fused-ring (bicyclic) bond motifs is 1. The highest BCUT2D eigenvalue weighted by atomic mass is 16.2. The van der Waals surface area contributed by atoms with Crippen molar-refractivity contribution in [3.63, 3.8) is 0 Å². The fourth-order valence-corrected chi connectivity index (χ4v) is 2.61. The van der Waals surface area contributed by atoms with Crippen molar-refractivity contribution in [3.05, 3.63) is 57.0 Å². The van der Waals surface area contributed by atoms with Gasteiger partial charge in [-0.05, 0) is 32.1 Å². The molecule has 112 valence electrons. The number of hydrogen-bond acceptors (Lipinski definition) is 3. The van der Waals surface area contributed by atoms with E-state index in [-0.39, 0.29) is 22.8 Å². The number of para-hydroxylation sites is 1. The Balaban J connectivity index is 2.20. The Kier molecular flexibility index (Phi) is 3.29. The first-order valence-electron chi connectivity index (χ1n) is 6.99. The van der Waals surface area contributed by atoms with Crippen LogP contribution in [0.3, 0.4) is 0 Å². The molecule has 1 amide bonds. The lowest BCUT2D eigenvalue weighted by Gasteiger charge is -2.28. The molecule has 1 aliphatic heterocycles. The van der Waals surface area contributed by atoms with Gasteiger partial charge in [-0.1, -0.05) is 12.1 Å². The Morgan fingerprint density at radius 1 is 1.14 bits per heavy atom. The number of aryl methyl sites for hydroxylation is 1. The van der Waals surface area contributed by atoms with Gasteiger partial charge in [0.25, 0.3) is 11.5 Å². The number of rotatable bonds is 2. The van der Waals surface area contributed by atoms with E-state index in [1.54, 1.807) is 36.1 Å². The van der Waals surface area contributed by atoms with E-state index in [0.717, 1.165) is 0 Å². The van der Waals surface area contributed by atoms with Crippen molar-refractivity contribution in [2.75, 3.05) is 11.4 Å². The van der Waals surface area contributed by atoms with Crippen LogP contribution >= 0.6 is 0 Å². The van der Waals surface area contributed by atoms with Crippen LogP contribution in [0.4, 0.5) is 5.69 Å². The molecule has 6 nitrogen and oxygen atoms in total. The average molecular weight is 297 g/mol. The first-order valence-corrected chi connectivity index (χ1v) is 6.99. The zero-order valence-corrected chi connectivity index (χ0v) is 12.3. The second-order valence-electron chi connectivity index (χ2n) is 5.07. The van der Waals surface area contributed by atoms with Gasteiger partial charge < -0.3 is 10.00 Å². The van der Waals surface area contributed by atoms with E-state index in [4.69, 9.17) is 0 Å². The first kappa shape index (κ1) is 14.1. The maximum atomic E-state index is 12.6. The second-order valence-corrected chi connectivity index (χ2v) is 5.07. The van der Waals surface area contributed by atoms with E-state index >= 15 is 0 Å². The number of aromatic nitrogens is 2. The predicted octanol–water partition coefficient (Wildman–Crippen LogP) is 1.64. The van der Waals surface area contributed by atoms with Crippen molar-refractivity contribution in [2.45, 2.75) is 13.8 Å². The molecule has 3 rings (SSSR count). The van der Waals surface area contributed by atoms with Crippen molar-refractivity contribution in [1.29, 1.82) is 0 Å². The summed E-state index contributed by atoms with van der Waals surface area (Å²) < 4.78 is 0. The van der Waals surface area contributed by atoms with Crippen molar-refractivity contribution in [2.24, 2.45) is 0 Å². The highest BCUT2D eigenvalue weighted by molar-refractivity contribution is 6.36. The summed E-state index contributed by atoms with van der Waals surface area (Å²) in [7, 11) is 0.